The number of benzene rings is 1. The second kappa shape index (κ2) is 6.50. The average molecular weight is 310 g/mol. The van der Waals surface area contributed by atoms with E-state index in [2.05, 4.69) is 6.58 Å². The molecule has 4 nitrogen and oxygen atoms in total. The van der Waals surface area contributed by atoms with Crippen LogP contribution in [0.3, 0.4) is 0 Å². The molecule has 0 radical (unpaired) electrons. The maximum atomic E-state index is 10.3. The van der Waals surface area contributed by atoms with E-state index in [-0.39, 0.29) is 17.8 Å². The topological polar surface area (TPSA) is 53.9 Å². The SMILES string of the molecule is C=CCn1c(=N)n(CC(O)C(C)(C)C)c2ccccc21.Cl. The number of hydrogen-bond acceptors (Lipinski definition) is 2. The summed E-state index contributed by atoms with van der Waals surface area (Å²) in [6.45, 7) is 10.8. The minimum atomic E-state index is -0.500. The van der Waals surface area contributed by atoms with Gasteiger partial charge in [0.25, 0.3) is 0 Å². The molecule has 0 bridgehead atoms. The predicted molar refractivity (Wildman–Crippen MR) is 88.7 cm³/mol. The third kappa shape index (κ3) is 3.39. The normalized spacial score (nSPS) is 13.0. The van der Waals surface area contributed by atoms with Gasteiger partial charge in [-0.3, -0.25) is 5.41 Å². The number of para-hydroxylation sites is 2. The Balaban J connectivity index is 0.00000220. The van der Waals surface area contributed by atoms with E-state index < -0.39 is 6.10 Å². The number of imidazole rings is 1. The minimum absolute atomic E-state index is 0. The Hall–Kier alpha value is -1.52. The highest BCUT2D eigenvalue weighted by atomic mass is 35.5. The quantitative estimate of drug-likeness (QED) is 0.838. The van der Waals surface area contributed by atoms with Crippen molar-refractivity contribution in [1.29, 1.82) is 5.41 Å². The van der Waals surface area contributed by atoms with Gasteiger partial charge in [-0.15, -0.1) is 19.0 Å². The van der Waals surface area contributed by atoms with Crippen molar-refractivity contribution in [2.45, 2.75) is 40.0 Å². The van der Waals surface area contributed by atoms with E-state index in [1.54, 1.807) is 6.08 Å². The third-order valence-electron chi connectivity index (χ3n) is 3.64. The lowest BCUT2D eigenvalue weighted by Crippen LogP contribution is -2.35. The van der Waals surface area contributed by atoms with Crippen molar-refractivity contribution in [1.82, 2.24) is 9.13 Å². The number of aliphatic hydroxyl groups is 1. The van der Waals surface area contributed by atoms with Crippen molar-refractivity contribution in [2.75, 3.05) is 0 Å². The molecule has 116 valence electrons. The monoisotopic (exact) mass is 309 g/mol. The fraction of sp³-hybridized carbons (Fsp3) is 0.438. The number of aliphatic hydroxyl groups excluding tert-OH is 1. The Morgan fingerprint density at radius 2 is 1.76 bits per heavy atom. The Morgan fingerprint density at radius 3 is 2.24 bits per heavy atom. The number of hydrogen-bond donors (Lipinski definition) is 2. The molecule has 1 aromatic carbocycles. The molecule has 21 heavy (non-hydrogen) atoms. The van der Waals surface area contributed by atoms with E-state index >= 15 is 0 Å². The van der Waals surface area contributed by atoms with Gasteiger partial charge in [0.15, 0.2) is 0 Å². The van der Waals surface area contributed by atoms with E-state index in [1.807, 2.05) is 54.2 Å². The van der Waals surface area contributed by atoms with Gasteiger partial charge < -0.3 is 14.2 Å². The summed E-state index contributed by atoms with van der Waals surface area (Å²) in [6.07, 6.45) is 1.29. The molecular formula is C16H24ClN3O. The number of allylic oxidation sites excluding steroid dienone is 1. The second-order valence-corrected chi connectivity index (χ2v) is 6.20. The maximum absolute atomic E-state index is 10.3. The van der Waals surface area contributed by atoms with E-state index in [1.165, 1.54) is 0 Å². The van der Waals surface area contributed by atoms with Gasteiger partial charge >= 0.3 is 0 Å². The van der Waals surface area contributed by atoms with Crippen LogP contribution in [0.5, 0.6) is 0 Å². The van der Waals surface area contributed by atoms with Crippen LogP contribution in [0.2, 0.25) is 0 Å². The third-order valence-corrected chi connectivity index (χ3v) is 3.64. The molecule has 2 rings (SSSR count). The lowest BCUT2D eigenvalue weighted by atomic mass is 9.89. The van der Waals surface area contributed by atoms with Crippen molar-refractivity contribution in [3.63, 3.8) is 0 Å². The van der Waals surface area contributed by atoms with Gasteiger partial charge in [0, 0.05) is 6.54 Å². The van der Waals surface area contributed by atoms with Crippen LogP contribution in [0.1, 0.15) is 20.8 Å². The highest BCUT2D eigenvalue weighted by Crippen LogP contribution is 2.22. The van der Waals surface area contributed by atoms with Crippen LogP contribution < -0.4 is 5.62 Å². The van der Waals surface area contributed by atoms with Crippen molar-refractivity contribution in [3.05, 3.63) is 42.5 Å². The molecule has 1 heterocycles. The van der Waals surface area contributed by atoms with E-state index in [0.717, 1.165) is 11.0 Å². The van der Waals surface area contributed by atoms with Gasteiger partial charge in [-0.25, -0.2) is 0 Å². The Bertz CT molecular complexity index is 679. The zero-order valence-corrected chi connectivity index (χ0v) is 13.7. The molecule has 5 heteroatoms. The van der Waals surface area contributed by atoms with Gasteiger partial charge in [0.2, 0.25) is 5.62 Å². The molecule has 0 spiro atoms. The smallest absolute Gasteiger partial charge is 0.203 e. The maximum Gasteiger partial charge on any atom is 0.203 e. The number of aromatic nitrogens is 2. The molecule has 2 aromatic rings. The first-order valence-corrected chi connectivity index (χ1v) is 6.88. The van der Waals surface area contributed by atoms with Gasteiger partial charge in [-0.05, 0) is 17.5 Å². The van der Waals surface area contributed by atoms with Crippen LogP contribution in [-0.2, 0) is 13.1 Å². The van der Waals surface area contributed by atoms with Crippen molar-refractivity contribution < 1.29 is 5.11 Å². The van der Waals surface area contributed by atoms with Gasteiger partial charge in [-0.1, -0.05) is 39.0 Å². The lowest BCUT2D eigenvalue weighted by Gasteiger charge is -2.26. The summed E-state index contributed by atoms with van der Waals surface area (Å²) < 4.78 is 3.77. The predicted octanol–water partition coefficient (Wildman–Crippen LogP) is 2.94. The molecule has 0 saturated carbocycles. The molecule has 1 aromatic heterocycles. The zero-order valence-electron chi connectivity index (χ0n) is 12.8. The summed E-state index contributed by atoms with van der Waals surface area (Å²) in [6, 6.07) is 7.91. The zero-order chi connectivity index (χ0) is 14.9. The van der Waals surface area contributed by atoms with Crippen molar-refractivity contribution >= 4 is 23.4 Å². The van der Waals surface area contributed by atoms with E-state index in [0.29, 0.717) is 18.7 Å². The summed E-state index contributed by atoms with van der Waals surface area (Å²) in [5.74, 6) is 0. The van der Waals surface area contributed by atoms with E-state index in [9.17, 15) is 5.11 Å². The highest BCUT2D eigenvalue weighted by molar-refractivity contribution is 5.85. The van der Waals surface area contributed by atoms with E-state index in [4.69, 9.17) is 5.41 Å². The van der Waals surface area contributed by atoms with Crippen LogP contribution in [0.15, 0.2) is 36.9 Å². The second-order valence-electron chi connectivity index (χ2n) is 6.20. The Morgan fingerprint density at radius 1 is 1.24 bits per heavy atom. The summed E-state index contributed by atoms with van der Waals surface area (Å²) >= 11 is 0. The number of halogens is 1. The summed E-state index contributed by atoms with van der Waals surface area (Å²) in [5.41, 5.74) is 2.16. The first-order valence-electron chi connectivity index (χ1n) is 6.88. The Kier molecular flexibility index (Phi) is 5.42. The summed E-state index contributed by atoms with van der Waals surface area (Å²) in [5, 5.41) is 18.7. The molecule has 0 amide bonds. The van der Waals surface area contributed by atoms with Gasteiger partial charge in [0.1, 0.15) is 0 Å². The van der Waals surface area contributed by atoms with Crippen LogP contribution in [0.25, 0.3) is 11.0 Å². The highest BCUT2D eigenvalue weighted by Gasteiger charge is 2.24. The van der Waals surface area contributed by atoms with Gasteiger partial charge in [-0.2, -0.15) is 0 Å². The number of rotatable bonds is 4. The molecule has 0 aliphatic carbocycles. The number of nitrogens with one attached hydrogen (secondary N) is 1. The lowest BCUT2D eigenvalue weighted by molar-refractivity contribution is 0.0478. The molecular weight excluding hydrogens is 286 g/mol. The summed E-state index contributed by atoms with van der Waals surface area (Å²) in [4.78, 5) is 0. The van der Waals surface area contributed by atoms with Crippen LogP contribution >= 0.6 is 12.4 Å². The molecule has 0 aliphatic rings. The molecule has 0 saturated heterocycles. The van der Waals surface area contributed by atoms with Gasteiger partial charge in [0.05, 0.1) is 23.7 Å². The molecule has 1 atom stereocenters. The van der Waals surface area contributed by atoms with Crippen LogP contribution in [0.4, 0.5) is 0 Å². The fourth-order valence-corrected chi connectivity index (χ4v) is 2.24. The average Bonchev–Trinajstić information content (AvgIpc) is 2.64. The van der Waals surface area contributed by atoms with Crippen molar-refractivity contribution in [3.8, 4) is 0 Å². The minimum Gasteiger partial charge on any atom is -0.391 e. The number of fused-ring (bicyclic) bond motifs is 1. The first-order chi connectivity index (χ1) is 9.36. The Labute approximate surface area is 131 Å². The molecule has 2 N–H and O–H groups in total. The summed E-state index contributed by atoms with van der Waals surface area (Å²) in [7, 11) is 0. The van der Waals surface area contributed by atoms with Crippen LogP contribution in [-0.4, -0.2) is 20.3 Å². The first kappa shape index (κ1) is 17.5. The molecule has 0 fully saturated rings. The molecule has 1 unspecified atom stereocenters. The molecule has 0 aliphatic heterocycles. The van der Waals surface area contributed by atoms with Crippen molar-refractivity contribution in [2.24, 2.45) is 5.41 Å². The number of nitrogens with zero attached hydrogens (tertiary/aromatic N) is 2. The fourth-order valence-electron chi connectivity index (χ4n) is 2.24. The van der Waals surface area contributed by atoms with Crippen LogP contribution in [0, 0.1) is 10.8 Å². The standard InChI is InChI=1S/C16H23N3O.ClH/c1-5-10-18-12-8-6-7-9-13(12)19(15(18)17)11-14(20)16(2,3)4;/h5-9,14,17,20H,1,10-11H2,2-4H3;1H. The largest absolute Gasteiger partial charge is 0.391 e.